The third-order valence-electron chi connectivity index (χ3n) is 3.53. The number of nitrogens with zero attached hydrogens (tertiary/aromatic N) is 2. The molecule has 96 valence electrons. The highest BCUT2D eigenvalue weighted by atomic mass is 15.2. The molecule has 1 heterocycles. The van der Waals surface area contributed by atoms with Gasteiger partial charge in [-0.15, -0.1) is 0 Å². The molecule has 0 saturated carbocycles. The Bertz CT molecular complexity index is 171. The van der Waals surface area contributed by atoms with Crippen LogP contribution in [0.5, 0.6) is 0 Å². The van der Waals surface area contributed by atoms with Gasteiger partial charge in [-0.25, -0.2) is 0 Å². The predicted molar refractivity (Wildman–Crippen MR) is 70.9 cm³/mol. The summed E-state index contributed by atoms with van der Waals surface area (Å²) in [6.45, 7) is 8.25. The van der Waals surface area contributed by atoms with Gasteiger partial charge in [0.1, 0.15) is 0 Å². The van der Waals surface area contributed by atoms with Gasteiger partial charge in [0.2, 0.25) is 0 Å². The van der Waals surface area contributed by atoms with E-state index in [1.807, 2.05) is 0 Å². The fourth-order valence-corrected chi connectivity index (χ4v) is 2.47. The summed E-state index contributed by atoms with van der Waals surface area (Å²) in [4.78, 5) is 4.90. The van der Waals surface area contributed by atoms with E-state index in [1.54, 1.807) is 0 Å². The van der Waals surface area contributed by atoms with Crippen LogP contribution in [-0.4, -0.2) is 62.7 Å². The summed E-state index contributed by atoms with van der Waals surface area (Å²) >= 11 is 0. The Kier molecular flexibility index (Phi) is 7.01. The van der Waals surface area contributed by atoms with Crippen molar-refractivity contribution in [2.45, 2.75) is 38.6 Å². The molecule has 0 bridgehead atoms. The summed E-state index contributed by atoms with van der Waals surface area (Å²) in [5.41, 5.74) is 0. The highest BCUT2D eigenvalue weighted by molar-refractivity contribution is 4.76. The Labute approximate surface area is 101 Å². The maximum atomic E-state index is 3.53. The lowest BCUT2D eigenvalue weighted by molar-refractivity contribution is 0.145. The Hall–Kier alpha value is -0.120. The van der Waals surface area contributed by atoms with Crippen LogP contribution in [0, 0.1) is 0 Å². The summed E-state index contributed by atoms with van der Waals surface area (Å²) in [5.74, 6) is 0. The molecule has 0 radical (unpaired) electrons. The van der Waals surface area contributed by atoms with Crippen molar-refractivity contribution in [1.29, 1.82) is 0 Å². The third kappa shape index (κ3) is 5.28. The average molecular weight is 227 g/mol. The Morgan fingerprint density at radius 3 is 2.75 bits per heavy atom. The molecule has 1 aliphatic rings. The standard InChI is InChI=1S/C13H29N3/c1-4-13-7-5-6-10-16(13)12-9-14-8-11-15(2)3/h13-14H,4-12H2,1-3H3. The van der Waals surface area contributed by atoms with E-state index in [0.29, 0.717) is 0 Å². The Balaban J connectivity index is 2.06. The first-order chi connectivity index (χ1) is 7.74. The van der Waals surface area contributed by atoms with E-state index in [1.165, 1.54) is 38.8 Å². The molecule has 0 spiro atoms. The molecular weight excluding hydrogens is 198 g/mol. The molecule has 1 unspecified atom stereocenters. The molecule has 3 nitrogen and oxygen atoms in total. The first-order valence-electron chi connectivity index (χ1n) is 6.83. The van der Waals surface area contributed by atoms with Crippen molar-refractivity contribution < 1.29 is 0 Å². The molecule has 1 N–H and O–H groups in total. The van der Waals surface area contributed by atoms with Crippen molar-refractivity contribution in [3.8, 4) is 0 Å². The van der Waals surface area contributed by atoms with Crippen molar-refractivity contribution in [3.63, 3.8) is 0 Å². The number of hydrogen-bond donors (Lipinski definition) is 1. The van der Waals surface area contributed by atoms with Crippen LogP contribution in [-0.2, 0) is 0 Å². The van der Waals surface area contributed by atoms with Gasteiger partial charge >= 0.3 is 0 Å². The molecule has 3 heteroatoms. The zero-order valence-corrected chi connectivity index (χ0v) is 11.3. The quantitative estimate of drug-likeness (QED) is 0.663. The van der Waals surface area contributed by atoms with Crippen molar-refractivity contribution in [1.82, 2.24) is 15.1 Å². The highest BCUT2D eigenvalue weighted by Gasteiger charge is 2.19. The van der Waals surface area contributed by atoms with Gasteiger partial charge in [-0.05, 0) is 39.9 Å². The summed E-state index contributed by atoms with van der Waals surface area (Å²) in [6.07, 6.45) is 5.56. The van der Waals surface area contributed by atoms with E-state index >= 15 is 0 Å². The van der Waals surface area contributed by atoms with Crippen LogP contribution in [0.3, 0.4) is 0 Å². The van der Waals surface area contributed by atoms with Gasteiger partial charge in [-0.2, -0.15) is 0 Å². The van der Waals surface area contributed by atoms with Gasteiger partial charge in [0.15, 0.2) is 0 Å². The summed E-state index contributed by atoms with van der Waals surface area (Å²) in [6, 6.07) is 0.851. The second-order valence-corrected chi connectivity index (χ2v) is 5.15. The molecule has 1 aliphatic heterocycles. The lowest BCUT2D eigenvalue weighted by atomic mass is 10.0. The lowest BCUT2D eigenvalue weighted by Gasteiger charge is -2.35. The fourth-order valence-electron chi connectivity index (χ4n) is 2.47. The summed E-state index contributed by atoms with van der Waals surface area (Å²) in [7, 11) is 4.25. The van der Waals surface area contributed by atoms with Crippen molar-refractivity contribution in [2.75, 3.05) is 46.8 Å². The van der Waals surface area contributed by atoms with Gasteiger partial charge in [0.05, 0.1) is 0 Å². The second kappa shape index (κ2) is 8.04. The third-order valence-corrected chi connectivity index (χ3v) is 3.53. The average Bonchev–Trinajstić information content (AvgIpc) is 2.29. The number of hydrogen-bond acceptors (Lipinski definition) is 3. The summed E-state index contributed by atoms with van der Waals surface area (Å²) in [5, 5.41) is 3.53. The van der Waals surface area contributed by atoms with Gasteiger partial charge in [0, 0.05) is 32.2 Å². The largest absolute Gasteiger partial charge is 0.314 e. The smallest absolute Gasteiger partial charge is 0.0110 e. The van der Waals surface area contributed by atoms with E-state index < -0.39 is 0 Å². The number of likely N-dealkylation sites (N-methyl/N-ethyl adjacent to an activating group) is 1. The monoisotopic (exact) mass is 227 g/mol. The van der Waals surface area contributed by atoms with Gasteiger partial charge < -0.3 is 10.2 Å². The first kappa shape index (κ1) is 13.9. The van der Waals surface area contributed by atoms with E-state index in [2.05, 4.69) is 36.1 Å². The topological polar surface area (TPSA) is 18.5 Å². The molecule has 1 fully saturated rings. The minimum absolute atomic E-state index is 0.851. The van der Waals surface area contributed by atoms with Crippen molar-refractivity contribution in [2.24, 2.45) is 0 Å². The van der Waals surface area contributed by atoms with Gasteiger partial charge in [-0.3, -0.25) is 4.90 Å². The lowest BCUT2D eigenvalue weighted by Crippen LogP contribution is -2.43. The molecule has 0 aliphatic carbocycles. The van der Waals surface area contributed by atoms with Crippen LogP contribution in [0.15, 0.2) is 0 Å². The van der Waals surface area contributed by atoms with E-state index in [0.717, 1.165) is 25.7 Å². The highest BCUT2D eigenvalue weighted by Crippen LogP contribution is 2.18. The fraction of sp³-hybridized carbons (Fsp3) is 1.00. The van der Waals surface area contributed by atoms with Gasteiger partial charge in [0.25, 0.3) is 0 Å². The zero-order valence-electron chi connectivity index (χ0n) is 11.3. The van der Waals surface area contributed by atoms with Gasteiger partial charge in [-0.1, -0.05) is 13.3 Å². The summed E-state index contributed by atoms with van der Waals surface area (Å²) < 4.78 is 0. The minimum Gasteiger partial charge on any atom is -0.314 e. The molecule has 1 saturated heterocycles. The maximum Gasteiger partial charge on any atom is 0.0110 e. The van der Waals surface area contributed by atoms with Crippen LogP contribution >= 0.6 is 0 Å². The van der Waals surface area contributed by atoms with E-state index in [-0.39, 0.29) is 0 Å². The SMILES string of the molecule is CCC1CCCCN1CCNCCN(C)C. The van der Waals surface area contributed by atoms with Crippen LogP contribution in [0.2, 0.25) is 0 Å². The molecular formula is C13H29N3. The molecule has 0 aromatic heterocycles. The van der Waals surface area contributed by atoms with E-state index in [4.69, 9.17) is 0 Å². The van der Waals surface area contributed by atoms with E-state index in [9.17, 15) is 0 Å². The number of nitrogens with one attached hydrogen (secondary N) is 1. The molecule has 16 heavy (non-hydrogen) atoms. The molecule has 0 aromatic carbocycles. The number of piperidine rings is 1. The van der Waals surface area contributed by atoms with Crippen LogP contribution in [0.4, 0.5) is 0 Å². The number of likely N-dealkylation sites (tertiary alicyclic amines) is 1. The Morgan fingerprint density at radius 2 is 2.06 bits per heavy atom. The molecule has 1 atom stereocenters. The van der Waals surface area contributed by atoms with Crippen molar-refractivity contribution >= 4 is 0 Å². The van der Waals surface area contributed by atoms with Crippen molar-refractivity contribution in [3.05, 3.63) is 0 Å². The Morgan fingerprint density at radius 1 is 1.25 bits per heavy atom. The minimum atomic E-state index is 0.851. The zero-order chi connectivity index (χ0) is 11.8. The maximum absolute atomic E-state index is 3.53. The van der Waals surface area contributed by atoms with Crippen LogP contribution in [0.25, 0.3) is 0 Å². The predicted octanol–water partition coefficient (Wildman–Crippen LogP) is 1.40. The first-order valence-corrected chi connectivity index (χ1v) is 6.83. The molecule has 0 amide bonds. The van der Waals surface area contributed by atoms with Crippen LogP contribution < -0.4 is 5.32 Å². The number of rotatable bonds is 7. The molecule has 0 aromatic rings. The van der Waals surface area contributed by atoms with Crippen LogP contribution in [0.1, 0.15) is 32.6 Å². The normalized spacial score (nSPS) is 22.9. The second-order valence-electron chi connectivity index (χ2n) is 5.15. The molecule has 1 rings (SSSR count).